The van der Waals surface area contributed by atoms with Crippen molar-refractivity contribution in [1.29, 1.82) is 0 Å². The van der Waals surface area contributed by atoms with E-state index in [1.165, 1.54) is 0 Å². The van der Waals surface area contributed by atoms with Crippen LogP contribution in [-0.4, -0.2) is 26.9 Å². The van der Waals surface area contributed by atoms with Crippen LogP contribution in [0.2, 0.25) is 0 Å². The monoisotopic (exact) mass is 225 g/mol. The lowest BCUT2D eigenvalue weighted by molar-refractivity contribution is 0.0899. The molecule has 0 heterocycles. The van der Waals surface area contributed by atoms with Gasteiger partial charge in [-0.15, -0.1) is 0 Å². The van der Waals surface area contributed by atoms with Crippen molar-refractivity contribution in [2.75, 3.05) is 20.8 Å². The summed E-state index contributed by atoms with van der Waals surface area (Å²) in [4.78, 5) is 0. The molecule has 0 aliphatic rings. The highest BCUT2D eigenvalue weighted by atomic mass is 16.5. The van der Waals surface area contributed by atoms with Gasteiger partial charge in [-0.25, -0.2) is 0 Å². The zero-order valence-corrected chi connectivity index (χ0v) is 10.0. The second-order valence-corrected chi connectivity index (χ2v) is 3.57. The van der Waals surface area contributed by atoms with E-state index in [0.29, 0.717) is 24.7 Å². The van der Waals surface area contributed by atoms with Crippen molar-refractivity contribution in [3.63, 3.8) is 0 Å². The maximum absolute atomic E-state index is 5.71. The Hall–Kier alpha value is -1.26. The molecule has 0 amide bonds. The van der Waals surface area contributed by atoms with Gasteiger partial charge in [-0.3, -0.25) is 0 Å². The largest absolute Gasteiger partial charge is 0.493 e. The van der Waals surface area contributed by atoms with Crippen LogP contribution in [0.4, 0.5) is 0 Å². The third-order valence-corrected chi connectivity index (χ3v) is 2.19. The first-order valence-electron chi connectivity index (χ1n) is 5.23. The van der Waals surface area contributed by atoms with Crippen molar-refractivity contribution in [3.05, 3.63) is 23.8 Å². The molecule has 0 aliphatic heterocycles. The van der Waals surface area contributed by atoms with E-state index >= 15 is 0 Å². The van der Waals surface area contributed by atoms with Crippen LogP contribution in [0.3, 0.4) is 0 Å². The van der Waals surface area contributed by atoms with Gasteiger partial charge in [0.2, 0.25) is 0 Å². The molecule has 0 aromatic heterocycles. The summed E-state index contributed by atoms with van der Waals surface area (Å²) in [6.45, 7) is 2.97. The molecule has 0 fully saturated rings. The number of nitrogens with two attached hydrogens (primary N) is 1. The van der Waals surface area contributed by atoms with Crippen LogP contribution < -0.4 is 15.2 Å². The fourth-order valence-corrected chi connectivity index (χ4v) is 1.43. The van der Waals surface area contributed by atoms with Gasteiger partial charge in [-0.05, 0) is 24.6 Å². The standard InChI is InChI=1S/C12H19NO3/c1-9(8-14-2)16-12-6-10(7-13)4-5-11(12)15-3/h4-6,9H,7-8,13H2,1-3H3. The fourth-order valence-electron chi connectivity index (χ4n) is 1.43. The lowest BCUT2D eigenvalue weighted by Crippen LogP contribution is -2.18. The van der Waals surface area contributed by atoms with E-state index in [-0.39, 0.29) is 6.10 Å². The van der Waals surface area contributed by atoms with Crippen molar-refractivity contribution in [2.24, 2.45) is 5.73 Å². The first-order valence-corrected chi connectivity index (χ1v) is 5.23. The molecule has 0 saturated carbocycles. The first kappa shape index (κ1) is 12.8. The molecule has 0 saturated heterocycles. The molecule has 1 unspecified atom stereocenters. The molecule has 1 aromatic rings. The molecule has 16 heavy (non-hydrogen) atoms. The Morgan fingerprint density at radius 3 is 2.56 bits per heavy atom. The predicted octanol–water partition coefficient (Wildman–Crippen LogP) is 1.57. The highest BCUT2D eigenvalue weighted by Gasteiger charge is 2.09. The number of hydrogen-bond donors (Lipinski definition) is 1. The molecular formula is C12H19NO3. The SMILES string of the molecule is COCC(C)Oc1cc(CN)ccc1OC. The van der Waals surface area contributed by atoms with Crippen LogP contribution in [0, 0.1) is 0 Å². The third kappa shape index (κ3) is 3.40. The third-order valence-electron chi connectivity index (χ3n) is 2.19. The maximum atomic E-state index is 5.71. The minimum absolute atomic E-state index is 0.0214. The number of benzene rings is 1. The van der Waals surface area contributed by atoms with E-state index in [4.69, 9.17) is 19.9 Å². The van der Waals surface area contributed by atoms with E-state index in [9.17, 15) is 0 Å². The Morgan fingerprint density at radius 1 is 1.25 bits per heavy atom. The van der Waals surface area contributed by atoms with Crippen molar-refractivity contribution >= 4 is 0 Å². The van der Waals surface area contributed by atoms with Crippen LogP contribution in [-0.2, 0) is 11.3 Å². The molecule has 0 radical (unpaired) electrons. The zero-order chi connectivity index (χ0) is 12.0. The topological polar surface area (TPSA) is 53.7 Å². The van der Waals surface area contributed by atoms with Gasteiger partial charge in [0.15, 0.2) is 11.5 Å². The number of ether oxygens (including phenoxy) is 3. The van der Waals surface area contributed by atoms with Crippen LogP contribution >= 0.6 is 0 Å². The Morgan fingerprint density at radius 2 is 2.00 bits per heavy atom. The Balaban J connectivity index is 2.82. The normalized spacial score (nSPS) is 12.2. The molecule has 0 aliphatic carbocycles. The van der Waals surface area contributed by atoms with E-state index in [0.717, 1.165) is 5.56 Å². The first-order chi connectivity index (χ1) is 7.71. The van der Waals surface area contributed by atoms with Gasteiger partial charge < -0.3 is 19.9 Å². The number of hydrogen-bond acceptors (Lipinski definition) is 4. The van der Waals surface area contributed by atoms with Crippen LogP contribution in [0.5, 0.6) is 11.5 Å². The van der Waals surface area contributed by atoms with Crippen LogP contribution in [0.1, 0.15) is 12.5 Å². The highest BCUT2D eigenvalue weighted by molar-refractivity contribution is 5.43. The van der Waals surface area contributed by atoms with E-state index in [2.05, 4.69) is 0 Å². The zero-order valence-electron chi connectivity index (χ0n) is 10.0. The predicted molar refractivity (Wildman–Crippen MR) is 62.9 cm³/mol. The summed E-state index contributed by atoms with van der Waals surface area (Å²) in [6.07, 6.45) is -0.0214. The fraction of sp³-hybridized carbons (Fsp3) is 0.500. The summed E-state index contributed by atoms with van der Waals surface area (Å²) < 4.78 is 15.9. The second kappa shape index (κ2) is 6.35. The summed E-state index contributed by atoms with van der Waals surface area (Å²) in [7, 11) is 3.26. The minimum atomic E-state index is -0.0214. The van der Waals surface area contributed by atoms with Crippen LogP contribution in [0.25, 0.3) is 0 Å². The van der Waals surface area contributed by atoms with E-state index < -0.39 is 0 Å². The molecule has 4 nitrogen and oxygen atoms in total. The smallest absolute Gasteiger partial charge is 0.162 e. The molecule has 90 valence electrons. The Kier molecular flexibility index (Phi) is 5.08. The summed E-state index contributed by atoms with van der Waals surface area (Å²) in [6, 6.07) is 5.68. The van der Waals surface area contributed by atoms with Gasteiger partial charge in [-0.2, -0.15) is 0 Å². The van der Waals surface area contributed by atoms with Gasteiger partial charge in [0.25, 0.3) is 0 Å². The highest BCUT2D eigenvalue weighted by Crippen LogP contribution is 2.28. The van der Waals surface area contributed by atoms with E-state index in [1.807, 2.05) is 25.1 Å². The second-order valence-electron chi connectivity index (χ2n) is 3.57. The minimum Gasteiger partial charge on any atom is -0.493 e. The average molecular weight is 225 g/mol. The van der Waals surface area contributed by atoms with Gasteiger partial charge in [0.05, 0.1) is 13.7 Å². The molecule has 1 rings (SSSR count). The van der Waals surface area contributed by atoms with Crippen molar-refractivity contribution < 1.29 is 14.2 Å². The van der Waals surface area contributed by atoms with Gasteiger partial charge in [0.1, 0.15) is 6.10 Å². The summed E-state index contributed by atoms with van der Waals surface area (Å²) in [5.74, 6) is 1.41. The van der Waals surface area contributed by atoms with Gasteiger partial charge >= 0.3 is 0 Å². The Bertz CT molecular complexity index is 328. The molecule has 1 atom stereocenters. The summed E-state index contributed by atoms with van der Waals surface area (Å²) in [5, 5.41) is 0. The number of rotatable bonds is 6. The van der Waals surface area contributed by atoms with Gasteiger partial charge in [0, 0.05) is 13.7 Å². The number of methoxy groups -OCH3 is 2. The molecule has 1 aromatic carbocycles. The summed E-state index contributed by atoms with van der Waals surface area (Å²) in [5.41, 5.74) is 6.59. The molecule has 0 spiro atoms. The Labute approximate surface area is 96.3 Å². The maximum Gasteiger partial charge on any atom is 0.162 e. The van der Waals surface area contributed by atoms with Crippen LogP contribution in [0.15, 0.2) is 18.2 Å². The lowest BCUT2D eigenvalue weighted by atomic mass is 10.2. The molecule has 2 N–H and O–H groups in total. The van der Waals surface area contributed by atoms with Crippen molar-refractivity contribution in [1.82, 2.24) is 0 Å². The van der Waals surface area contributed by atoms with Crippen molar-refractivity contribution in [2.45, 2.75) is 19.6 Å². The summed E-state index contributed by atoms with van der Waals surface area (Å²) >= 11 is 0. The average Bonchev–Trinajstić information content (AvgIpc) is 2.29. The van der Waals surface area contributed by atoms with Gasteiger partial charge in [-0.1, -0.05) is 6.07 Å². The quantitative estimate of drug-likeness (QED) is 0.798. The molecular weight excluding hydrogens is 206 g/mol. The molecule has 4 heteroatoms. The van der Waals surface area contributed by atoms with E-state index in [1.54, 1.807) is 14.2 Å². The van der Waals surface area contributed by atoms with Crippen molar-refractivity contribution in [3.8, 4) is 11.5 Å². The molecule has 0 bridgehead atoms. The lowest BCUT2D eigenvalue weighted by Gasteiger charge is -2.16.